The fraction of sp³-hybridized carbons (Fsp3) is 0.257. The lowest BCUT2D eigenvalue weighted by Gasteiger charge is -2.15. The maximum absolute atomic E-state index is 13.2. The first-order valence-electron chi connectivity index (χ1n) is 46.9. The number of amides is 9. The lowest BCUT2D eigenvalue weighted by molar-refractivity contribution is -0.123. The Labute approximate surface area is 834 Å². The number of ether oxygens (including phenoxy) is 4. The third kappa shape index (κ3) is 35.3. The van der Waals surface area contributed by atoms with E-state index in [0.717, 1.165) is 51.4 Å². The van der Waals surface area contributed by atoms with Gasteiger partial charge in [-0.3, -0.25) is 64.8 Å². The van der Waals surface area contributed by atoms with Gasteiger partial charge >= 0.3 is 0 Å². The maximum atomic E-state index is 13.2. The van der Waals surface area contributed by atoms with E-state index >= 15 is 0 Å². The molecule has 9 amide bonds. The maximum Gasteiger partial charge on any atom is 0.259 e. The summed E-state index contributed by atoms with van der Waals surface area (Å²) in [6.45, 7) is 10.3. The highest BCUT2D eigenvalue weighted by molar-refractivity contribution is 6.17. The number of rotatable bonds is 41. The van der Waals surface area contributed by atoms with Gasteiger partial charge in [-0.2, -0.15) is 0 Å². The third-order valence-corrected chi connectivity index (χ3v) is 21.3. The molecule has 8 aromatic carbocycles. The van der Waals surface area contributed by atoms with E-state index in [1.165, 1.54) is 25.3 Å². The van der Waals surface area contributed by atoms with Crippen molar-refractivity contribution < 1.29 is 62.1 Å². The van der Waals surface area contributed by atoms with Crippen molar-refractivity contribution in [3.8, 4) is 23.0 Å². The van der Waals surface area contributed by atoms with Crippen LogP contribution in [-0.4, -0.2) is 205 Å². The van der Waals surface area contributed by atoms with E-state index in [0.29, 0.717) is 158 Å². The number of carbonyl (C=O) groups excluding carboxylic acids is 9. The molecule has 4 aromatic heterocycles. The zero-order valence-electron chi connectivity index (χ0n) is 82.6. The molecule has 143 heavy (non-hydrogen) atoms. The Balaban J connectivity index is 0.000000213. The van der Waals surface area contributed by atoms with Crippen molar-refractivity contribution in [2.75, 3.05) is 132 Å². The Morgan fingerprint density at radius 3 is 0.755 bits per heavy atom. The van der Waals surface area contributed by atoms with Gasteiger partial charge in [-0.25, -0.2) is 19.9 Å². The number of anilines is 8. The van der Waals surface area contributed by atoms with Gasteiger partial charge in [0.25, 0.3) is 53.2 Å². The predicted molar refractivity (Wildman–Crippen MR) is 563 cm³/mol. The number of amidine groups is 4. The largest absolute Gasteiger partial charge is 0.494 e. The average Bonchev–Trinajstić information content (AvgIpc) is 0.826. The highest BCUT2D eigenvalue weighted by atomic mass is 16.5. The molecule has 0 atom stereocenters. The Morgan fingerprint density at radius 1 is 0.259 bits per heavy atom. The van der Waals surface area contributed by atoms with Crippen LogP contribution in [0, 0.1) is 21.6 Å². The second kappa shape index (κ2) is 57.1. The SMILES string of the molecule is CCCCCCCOc1ccc(NC(=O)c2ccc(C(=N)N(C)C)cc2)c(C(=O)Nc2ccccn2)c1.CCCCCOc1ccc(NC(=O)c2ccc(C(=N)N(C)C)cc2)c(C(=O)Nc2ccccn2)c1.CCCCNC(=O)COc1ccc(NC(=O)c2ccc(C(=N)N(C)C)cc2)c(C(=O)Nc2ccccn2)c1.CCCOc1ccc(NC(=O)c2ccc(C(=N)N(C)C)cc2)c(C(=O)Nc2ccccn2)c1. The summed E-state index contributed by atoms with van der Waals surface area (Å²) in [6.07, 6.45) is 17.7. The molecule has 0 fully saturated rings. The number of aromatic nitrogens is 4. The number of benzene rings is 8. The van der Waals surface area contributed by atoms with Crippen molar-refractivity contribution in [2.45, 2.75) is 98.3 Å². The molecular formula is C109H125N21O13. The van der Waals surface area contributed by atoms with Gasteiger partial charge in [0.1, 0.15) is 69.6 Å². The molecule has 0 spiro atoms. The third-order valence-electron chi connectivity index (χ3n) is 21.3. The quantitative estimate of drug-likeness (QED) is 0.00961. The van der Waals surface area contributed by atoms with Crippen molar-refractivity contribution in [1.29, 1.82) is 21.6 Å². The minimum Gasteiger partial charge on any atom is -0.494 e. The first-order valence-corrected chi connectivity index (χ1v) is 46.9. The van der Waals surface area contributed by atoms with Crippen LogP contribution in [0.5, 0.6) is 23.0 Å². The summed E-state index contributed by atoms with van der Waals surface area (Å²) < 4.78 is 23.0. The molecule has 0 aliphatic heterocycles. The Hall–Kier alpha value is -17.3. The van der Waals surface area contributed by atoms with Crippen LogP contribution in [0.15, 0.2) is 267 Å². The molecule has 0 aliphatic carbocycles. The molecule has 0 aliphatic rings. The van der Waals surface area contributed by atoms with E-state index < -0.39 is 29.5 Å². The summed E-state index contributed by atoms with van der Waals surface area (Å²) >= 11 is 0. The lowest BCUT2D eigenvalue weighted by Crippen LogP contribution is -2.29. The summed E-state index contributed by atoms with van der Waals surface area (Å²) in [4.78, 5) is 139. The van der Waals surface area contributed by atoms with Gasteiger partial charge in [0.2, 0.25) is 0 Å². The van der Waals surface area contributed by atoms with Gasteiger partial charge in [-0.1, -0.05) is 145 Å². The van der Waals surface area contributed by atoms with E-state index in [4.69, 9.17) is 40.6 Å². The Bertz CT molecular complexity index is 6280. The van der Waals surface area contributed by atoms with Crippen molar-refractivity contribution >= 4 is 123 Å². The number of pyridine rings is 4. The van der Waals surface area contributed by atoms with Crippen LogP contribution in [-0.2, 0) is 4.79 Å². The fourth-order valence-corrected chi connectivity index (χ4v) is 13.3. The zero-order chi connectivity index (χ0) is 103. The second-order valence-corrected chi connectivity index (χ2v) is 33.3. The normalized spacial score (nSPS) is 10.3. The van der Waals surface area contributed by atoms with Gasteiger partial charge < -0.3 is 86.4 Å². The van der Waals surface area contributed by atoms with Crippen molar-refractivity contribution in [2.24, 2.45) is 0 Å². The first-order chi connectivity index (χ1) is 68.9. The molecular weight excluding hydrogens is 1810 g/mol. The Morgan fingerprint density at radius 2 is 0.503 bits per heavy atom. The summed E-state index contributed by atoms with van der Waals surface area (Å²) in [7, 11) is 14.3. The van der Waals surface area contributed by atoms with Crippen molar-refractivity contribution in [1.82, 2.24) is 44.9 Å². The molecule has 0 saturated carbocycles. The lowest BCUT2D eigenvalue weighted by atomic mass is 10.1. The highest BCUT2D eigenvalue weighted by Gasteiger charge is 2.24. The van der Waals surface area contributed by atoms with Gasteiger partial charge in [-0.15, -0.1) is 0 Å². The van der Waals surface area contributed by atoms with Gasteiger partial charge in [0.15, 0.2) is 6.61 Å². The van der Waals surface area contributed by atoms with Crippen LogP contribution >= 0.6 is 0 Å². The monoisotopic (exact) mass is 1940 g/mol. The van der Waals surface area contributed by atoms with Crippen LogP contribution in [0.4, 0.5) is 46.0 Å². The molecule has 34 nitrogen and oxygen atoms in total. The highest BCUT2D eigenvalue weighted by Crippen LogP contribution is 2.31. The minimum absolute atomic E-state index is 0.138. The molecule has 13 N–H and O–H groups in total. The first kappa shape index (κ1) is 109. The summed E-state index contributed by atoms with van der Waals surface area (Å²) in [6, 6.07) is 67.3. The van der Waals surface area contributed by atoms with Crippen LogP contribution in [0.3, 0.4) is 0 Å². The van der Waals surface area contributed by atoms with E-state index in [1.807, 2.05) is 13.8 Å². The fourth-order valence-electron chi connectivity index (χ4n) is 13.3. The van der Waals surface area contributed by atoms with Crippen molar-refractivity contribution in [3.05, 3.63) is 334 Å². The second-order valence-electron chi connectivity index (χ2n) is 33.3. The molecule has 0 saturated heterocycles. The molecule has 744 valence electrons. The van der Waals surface area contributed by atoms with Gasteiger partial charge in [0, 0.05) is 132 Å². The number of nitrogens with zero attached hydrogens (tertiary/aromatic N) is 8. The van der Waals surface area contributed by atoms with Crippen LogP contribution in [0.1, 0.15) is 203 Å². The Kier molecular flexibility index (Phi) is 43.7. The zero-order valence-corrected chi connectivity index (χ0v) is 82.6. The van der Waals surface area contributed by atoms with E-state index in [2.05, 4.69) is 81.6 Å². The van der Waals surface area contributed by atoms with Crippen LogP contribution in [0.25, 0.3) is 0 Å². The van der Waals surface area contributed by atoms with E-state index in [1.54, 1.807) is 337 Å². The molecule has 34 heteroatoms. The molecule has 0 unspecified atom stereocenters. The molecule has 0 radical (unpaired) electrons. The number of carbonyl (C=O) groups is 9. The molecule has 12 rings (SSSR count). The number of hydrogen-bond acceptors (Lipinski definition) is 21. The predicted octanol–water partition coefficient (Wildman–Crippen LogP) is 18.9. The van der Waals surface area contributed by atoms with Crippen LogP contribution < -0.4 is 66.8 Å². The average molecular weight is 1940 g/mol. The standard InChI is InChI=1S/C29H35N5O3.C28H32N6O4.C27H31N5O3.C25H27N5O3/c1-4-5-6-7-10-19-37-23-16-17-25(24(20-23)29(36)33-26-11-8-9-18-31-26)32-28(35)22-14-12-21(13-15-22)27(30)34(2)3;1-4-5-15-31-25(35)18-38-21-13-14-23(22(17-21)28(37)33-24-8-6-7-16-30-24)32-27(36)20-11-9-19(10-12-20)26(29)34(2)3;1-4-5-8-17-35-21-14-15-23(22(18-21)27(34)31-24-9-6-7-16-29-24)30-26(33)20-12-10-19(11-13-20)25(28)32(2)3;1-4-15-33-19-12-13-21(20(16-19)25(32)29-22-7-5-6-14-27-22)28-24(31)18-10-8-17(9-11-18)23(26)30(2)3/h8-9,11-18,20,30H,4-7,10,19H2,1-3H3,(H,32,35)(H,31,33,36);6-14,16-17,29H,4-5,15,18H2,1-3H3,(H,31,35)(H,32,36)(H,30,33,37);6-7,9-16,18,28H,4-5,8,17H2,1-3H3,(H,30,33)(H,29,31,34);5-14,16,26H,4,15H2,1-3H3,(H,28,31)(H,27,29,32). The van der Waals surface area contributed by atoms with Gasteiger partial charge in [-0.05, 0) is 196 Å². The minimum atomic E-state index is -0.508. The van der Waals surface area contributed by atoms with E-state index in [9.17, 15) is 43.2 Å². The number of unbranched alkanes of at least 4 members (excludes halogenated alkanes) is 7. The molecule has 12 aromatic rings. The summed E-state index contributed by atoms with van der Waals surface area (Å²) in [5, 5.41) is 57.3. The summed E-state index contributed by atoms with van der Waals surface area (Å²) in [5.41, 5.74) is 6.63. The van der Waals surface area contributed by atoms with E-state index in [-0.39, 0.29) is 58.2 Å². The number of nitrogens with one attached hydrogen (secondary N) is 13. The van der Waals surface area contributed by atoms with Gasteiger partial charge in [0.05, 0.1) is 64.8 Å². The number of hydrogen-bond donors (Lipinski definition) is 13. The molecule has 4 heterocycles. The van der Waals surface area contributed by atoms with Crippen molar-refractivity contribution in [3.63, 3.8) is 0 Å². The topological polar surface area (TPSA) is 459 Å². The summed E-state index contributed by atoms with van der Waals surface area (Å²) in [5.74, 6) is 1.34. The van der Waals surface area contributed by atoms with Crippen LogP contribution in [0.2, 0.25) is 0 Å². The molecule has 0 bridgehead atoms. The smallest absolute Gasteiger partial charge is 0.259 e.